The Morgan fingerprint density at radius 1 is 1.07 bits per heavy atom. The van der Waals surface area contributed by atoms with Crippen LogP contribution in [0.15, 0.2) is 35.5 Å². The molecule has 0 aromatic carbocycles. The molecule has 0 N–H and O–H groups in total. The first-order valence-corrected chi connectivity index (χ1v) is 11.9. The monoisotopic (exact) mass is 366 g/mol. The molecule has 0 aliphatic heterocycles. The third-order valence-corrected chi connectivity index (χ3v) is 9.28. The van der Waals surface area contributed by atoms with E-state index in [0.717, 1.165) is 29.6 Å². The Morgan fingerprint density at radius 3 is 2.67 bits per heavy atom. The molecule has 150 valence electrons. The molecular weight excluding hydrogens is 324 g/mol. The highest BCUT2D eigenvalue weighted by atomic mass is 14.6. The average molecular weight is 367 g/mol. The molecule has 1 fully saturated rings. The maximum atomic E-state index is 2.64. The van der Waals surface area contributed by atoms with Crippen LogP contribution in [0.25, 0.3) is 0 Å². The van der Waals surface area contributed by atoms with Gasteiger partial charge in [-0.25, -0.2) is 0 Å². The number of hydrogen-bond donors (Lipinski definition) is 0. The Morgan fingerprint density at radius 2 is 1.89 bits per heavy atom. The predicted octanol–water partition coefficient (Wildman–Crippen LogP) is 8.11. The van der Waals surface area contributed by atoms with Crippen LogP contribution in [0.2, 0.25) is 0 Å². The SMILES string of the molecule is CC(C)CCC[C@@H](C)[C@H]1CCC2=C3C=CC4CC=CC[C@]4(C)[C@H]3CC[C@@]21C. The Bertz CT molecular complexity index is 647. The standard InChI is InChI=1S/C27H42/c1-19(2)9-8-10-20(3)23-14-15-24-22-13-12-21-11-6-7-17-26(21,4)25(22)16-18-27(23,24)5/h6-7,12-13,19-21,23,25H,8-11,14-18H2,1-5H3/t20-,21?,23-,25+,26+,27-/m1/s1. The second-order valence-corrected chi connectivity index (χ2v) is 11.3. The lowest BCUT2D eigenvalue weighted by Crippen LogP contribution is -2.43. The fraction of sp³-hybridized carbons (Fsp3) is 0.778. The van der Waals surface area contributed by atoms with Crippen molar-refractivity contribution in [2.24, 2.45) is 40.4 Å². The van der Waals surface area contributed by atoms with E-state index in [0.29, 0.717) is 10.8 Å². The Kier molecular flexibility index (Phi) is 5.23. The van der Waals surface area contributed by atoms with Crippen LogP contribution in [-0.2, 0) is 0 Å². The minimum Gasteiger partial charge on any atom is -0.0879 e. The Hall–Kier alpha value is -0.780. The number of rotatable bonds is 5. The molecule has 0 saturated heterocycles. The van der Waals surface area contributed by atoms with Gasteiger partial charge in [0.1, 0.15) is 0 Å². The minimum atomic E-state index is 0.480. The number of allylic oxidation sites excluding steroid dienone is 6. The van der Waals surface area contributed by atoms with Gasteiger partial charge in [-0.3, -0.25) is 0 Å². The molecule has 27 heavy (non-hydrogen) atoms. The lowest BCUT2D eigenvalue weighted by atomic mass is 9.52. The van der Waals surface area contributed by atoms with Gasteiger partial charge in [0.25, 0.3) is 0 Å². The van der Waals surface area contributed by atoms with Crippen LogP contribution in [0.1, 0.15) is 92.4 Å². The van der Waals surface area contributed by atoms with Crippen LogP contribution in [0.4, 0.5) is 0 Å². The van der Waals surface area contributed by atoms with Gasteiger partial charge in [0.15, 0.2) is 0 Å². The van der Waals surface area contributed by atoms with Crippen LogP contribution in [0.5, 0.6) is 0 Å². The molecule has 0 aromatic heterocycles. The largest absolute Gasteiger partial charge is 0.0879 e. The van der Waals surface area contributed by atoms with Crippen LogP contribution in [0, 0.1) is 40.4 Å². The van der Waals surface area contributed by atoms with Crippen LogP contribution < -0.4 is 0 Å². The zero-order chi connectivity index (χ0) is 19.2. The Labute approximate surface area is 168 Å². The molecule has 0 heterocycles. The van der Waals surface area contributed by atoms with E-state index in [4.69, 9.17) is 0 Å². The first-order valence-electron chi connectivity index (χ1n) is 11.9. The summed E-state index contributed by atoms with van der Waals surface area (Å²) < 4.78 is 0. The molecule has 6 atom stereocenters. The van der Waals surface area contributed by atoms with Crippen molar-refractivity contribution in [1.82, 2.24) is 0 Å². The maximum absolute atomic E-state index is 2.64. The fourth-order valence-corrected chi connectivity index (χ4v) is 7.53. The molecule has 0 radical (unpaired) electrons. The first-order chi connectivity index (χ1) is 12.9. The van der Waals surface area contributed by atoms with Crippen molar-refractivity contribution in [3.63, 3.8) is 0 Å². The third kappa shape index (κ3) is 3.20. The summed E-state index contributed by atoms with van der Waals surface area (Å²) >= 11 is 0. The normalized spacial score (nSPS) is 41.5. The quantitative estimate of drug-likeness (QED) is 0.431. The van der Waals surface area contributed by atoms with Crippen LogP contribution >= 0.6 is 0 Å². The van der Waals surface area contributed by atoms with Gasteiger partial charge in [-0.1, -0.05) is 83.8 Å². The van der Waals surface area contributed by atoms with Crippen molar-refractivity contribution in [2.45, 2.75) is 92.4 Å². The molecule has 4 rings (SSSR count). The zero-order valence-electron chi connectivity index (χ0n) is 18.6. The van der Waals surface area contributed by atoms with Gasteiger partial charge in [-0.15, -0.1) is 0 Å². The molecule has 4 aliphatic carbocycles. The van der Waals surface area contributed by atoms with Gasteiger partial charge in [-0.2, -0.15) is 0 Å². The number of fused-ring (bicyclic) bond motifs is 4. The van der Waals surface area contributed by atoms with Crippen molar-refractivity contribution in [3.8, 4) is 0 Å². The fourth-order valence-electron chi connectivity index (χ4n) is 7.53. The summed E-state index contributed by atoms with van der Waals surface area (Å²) in [7, 11) is 0. The van der Waals surface area contributed by atoms with Gasteiger partial charge >= 0.3 is 0 Å². The van der Waals surface area contributed by atoms with Gasteiger partial charge in [0, 0.05) is 0 Å². The lowest BCUT2D eigenvalue weighted by Gasteiger charge is -2.53. The summed E-state index contributed by atoms with van der Waals surface area (Å²) in [6.45, 7) is 12.5. The van der Waals surface area contributed by atoms with Crippen molar-refractivity contribution in [1.29, 1.82) is 0 Å². The third-order valence-electron chi connectivity index (χ3n) is 9.28. The first kappa shape index (κ1) is 19.5. The molecule has 4 aliphatic rings. The predicted molar refractivity (Wildman–Crippen MR) is 118 cm³/mol. The van der Waals surface area contributed by atoms with Crippen LogP contribution in [-0.4, -0.2) is 0 Å². The lowest BCUT2D eigenvalue weighted by molar-refractivity contribution is 0.0845. The summed E-state index contributed by atoms with van der Waals surface area (Å²) in [5.41, 5.74) is 4.63. The van der Waals surface area contributed by atoms with Gasteiger partial charge in [0.05, 0.1) is 0 Å². The molecule has 0 spiro atoms. The highest BCUT2D eigenvalue weighted by Gasteiger charge is 2.53. The summed E-state index contributed by atoms with van der Waals surface area (Å²) in [6, 6.07) is 0. The summed E-state index contributed by atoms with van der Waals surface area (Å²) in [5, 5.41) is 0. The second kappa shape index (κ2) is 7.23. The Balaban J connectivity index is 1.58. The second-order valence-electron chi connectivity index (χ2n) is 11.3. The van der Waals surface area contributed by atoms with E-state index in [-0.39, 0.29) is 0 Å². The molecule has 0 aromatic rings. The van der Waals surface area contributed by atoms with Crippen molar-refractivity contribution in [2.75, 3.05) is 0 Å². The highest BCUT2D eigenvalue weighted by Crippen LogP contribution is 2.64. The van der Waals surface area contributed by atoms with E-state index in [1.807, 2.05) is 5.57 Å². The molecule has 0 heteroatoms. The number of hydrogen-bond acceptors (Lipinski definition) is 0. The van der Waals surface area contributed by atoms with Crippen LogP contribution in [0.3, 0.4) is 0 Å². The highest BCUT2D eigenvalue weighted by molar-refractivity contribution is 5.42. The van der Waals surface area contributed by atoms with Crippen molar-refractivity contribution < 1.29 is 0 Å². The summed E-state index contributed by atoms with van der Waals surface area (Å²) in [4.78, 5) is 0. The molecular formula is C27H42. The molecule has 0 amide bonds. The van der Waals surface area contributed by atoms with Gasteiger partial charge in [0.2, 0.25) is 0 Å². The van der Waals surface area contributed by atoms with E-state index in [9.17, 15) is 0 Å². The summed E-state index contributed by atoms with van der Waals surface area (Å²) in [6.07, 6.45) is 22.6. The van der Waals surface area contributed by atoms with Gasteiger partial charge < -0.3 is 0 Å². The summed E-state index contributed by atoms with van der Waals surface area (Å²) in [5.74, 6) is 4.24. The molecule has 1 unspecified atom stereocenters. The van der Waals surface area contributed by atoms with Crippen molar-refractivity contribution in [3.05, 3.63) is 35.5 Å². The zero-order valence-corrected chi connectivity index (χ0v) is 18.6. The van der Waals surface area contributed by atoms with E-state index >= 15 is 0 Å². The smallest absolute Gasteiger partial charge is 0.00793 e. The topological polar surface area (TPSA) is 0 Å². The maximum Gasteiger partial charge on any atom is -0.00793 e. The van der Waals surface area contributed by atoms with Gasteiger partial charge in [-0.05, 0) is 84.5 Å². The molecule has 0 nitrogen and oxygen atoms in total. The molecule has 0 bridgehead atoms. The minimum absolute atomic E-state index is 0.480. The van der Waals surface area contributed by atoms with E-state index < -0.39 is 0 Å². The van der Waals surface area contributed by atoms with E-state index in [2.05, 4.69) is 58.9 Å². The van der Waals surface area contributed by atoms with E-state index in [1.165, 1.54) is 57.8 Å². The van der Waals surface area contributed by atoms with E-state index in [1.54, 1.807) is 5.57 Å². The molecule has 1 saturated carbocycles. The average Bonchev–Trinajstić information content (AvgIpc) is 2.98. The van der Waals surface area contributed by atoms with Crippen molar-refractivity contribution >= 4 is 0 Å².